The average molecular weight is 185 g/mol. The smallest absolute Gasteiger partial charge is 0.185 e. The fourth-order valence-electron chi connectivity index (χ4n) is 0.982. The highest BCUT2D eigenvalue weighted by Crippen LogP contribution is 2.13. The average Bonchev–Trinajstić information content (AvgIpc) is 1.82. The molecule has 0 aromatic heterocycles. The molecule has 0 unspecified atom stereocenters. The first kappa shape index (κ1) is 11.7. The van der Waals surface area contributed by atoms with Crippen LogP contribution in [0.1, 0.15) is 20.3 Å². The Balaban J connectivity index is 3.95. The summed E-state index contributed by atoms with van der Waals surface area (Å²) in [6.45, 7) is 10.5. The van der Waals surface area contributed by atoms with Crippen LogP contribution in [0.2, 0.25) is 19.6 Å². The molecule has 2 nitrogen and oxygen atoms in total. The van der Waals surface area contributed by atoms with Crippen LogP contribution in [0.5, 0.6) is 0 Å². The molecule has 0 bridgehead atoms. The third-order valence-electron chi connectivity index (χ3n) is 1.33. The van der Waals surface area contributed by atoms with E-state index in [4.69, 9.17) is 9.69 Å². The number of hydrogen-bond donors (Lipinski definition) is 0. The van der Waals surface area contributed by atoms with E-state index in [1.807, 2.05) is 0 Å². The molecule has 0 fully saturated rings. The molecule has 0 aromatic carbocycles. The van der Waals surface area contributed by atoms with Crippen LogP contribution in [0.3, 0.4) is 0 Å². The minimum absolute atomic E-state index is 0.198. The van der Waals surface area contributed by atoms with Crippen LogP contribution in [-0.4, -0.2) is 14.4 Å². The third-order valence-corrected chi connectivity index (χ3v) is 2.32. The summed E-state index contributed by atoms with van der Waals surface area (Å²) >= 11 is 0. The molecule has 0 amide bonds. The Kier molecular flexibility index (Phi) is 4.51. The zero-order valence-corrected chi connectivity index (χ0v) is 9.72. The summed E-state index contributed by atoms with van der Waals surface area (Å²) in [6.07, 6.45) is 0.650. The fraction of sp³-hybridized carbons (Fsp3) is 0.889. The van der Waals surface area contributed by atoms with E-state index in [0.717, 1.165) is 6.42 Å². The molecule has 0 rings (SSSR count). The quantitative estimate of drug-likeness (QED) is 0.631. The molecule has 0 aliphatic heterocycles. The Morgan fingerprint density at radius 2 is 1.83 bits per heavy atom. The molecule has 0 saturated heterocycles. The van der Waals surface area contributed by atoms with Gasteiger partial charge in [-0.05, 0) is 32.0 Å². The normalized spacial score (nSPS) is 14.4. The molecule has 3 heteroatoms. The van der Waals surface area contributed by atoms with E-state index in [0.29, 0.717) is 5.92 Å². The minimum atomic E-state index is -1.53. The molecule has 0 aliphatic carbocycles. The van der Waals surface area contributed by atoms with Gasteiger partial charge >= 0.3 is 0 Å². The maximum Gasteiger partial charge on any atom is 0.185 e. The van der Waals surface area contributed by atoms with Crippen molar-refractivity contribution in [2.24, 2.45) is 5.92 Å². The summed E-state index contributed by atoms with van der Waals surface area (Å²) in [5, 5.41) is 8.79. The molecule has 0 aromatic rings. The lowest BCUT2D eigenvalue weighted by atomic mass is 10.1. The standard InChI is InChI=1S/C9H19NOSi/c1-8(2)6-9(7-10)11-12(3,4)5/h8-9H,6H2,1-5H3/t9-/m0/s1. The van der Waals surface area contributed by atoms with E-state index < -0.39 is 8.32 Å². The lowest BCUT2D eigenvalue weighted by Crippen LogP contribution is -2.31. The monoisotopic (exact) mass is 185 g/mol. The molecule has 0 aliphatic rings. The Morgan fingerprint density at radius 1 is 1.33 bits per heavy atom. The van der Waals surface area contributed by atoms with Crippen LogP contribution in [0.25, 0.3) is 0 Å². The van der Waals surface area contributed by atoms with Crippen LogP contribution >= 0.6 is 0 Å². The molecular weight excluding hydrogens is 166 g/mol. The number of rotatable bonds is 4. The third kappa shape index (κ3) is 6.38. The highest BCUT2D eigenvalue weighted by atomic mass is 28.4. The van der Waals surface area contributed by atoms with Gasteiger partial charge in [-0.25, -0.2) is 0 Å². The van der Waals surface area contributed by atoms with E-state index in [1.54, 1.807) is 0 Å². The van der Waals surface area contributed by atoms with E-state index in [-0.39, 0.29) is 6.10 Å². The van der Waals surface area contributed by atoms with Gasteiger partial charge in [0.1, 0.15) is 6.10 Å². The summed E-state index contributed by atoms with van der Waals surface area (Å²) in [5.41, 5.74) is 0. The van der Waals surface area contributed by atoms with Crippen molar-refractivity contribution in [3.8, 4) is 6.07 Å². The number of nitriles is 1. The van der Waals surface area contributed by atoms with Gasteiger partial charge in [-0.3, -0.25) is 0 Å². The van der Waals surface area contributed by atoms with Crippen LogP contribution in [-0.2, 0) is 4.43 Å². The zero-order valence-electron chi connectivity index (χ0n) is 8.72. The zero-order chi connectivity index (χ0) is 9.78. The SMILES string of the molecule is CC(C)C[C@@H](C#N)O[Si](C)(C)C. The van der Waals surface area contributed by atoms with Gasteiger partial charge in [0.05, 0.1) is 6.07 Å². The maximum atomic E-state index is 8.79. The Labute approximate surface area is 76.7 Å². The molecule has 70 valence electrons. The van der Waals surface area contributed by atoms with Crippen molar-refractivity contribution in [3.05, 3.63) is 0 Å². The van der Waals surface area contributed by atoms with Crippen LogP contribution < -0.4 is 0 Å². The van der Waals surface area contributed by atoms with E-state index in [2.05, 4.69) is 39.6 Å². The van der Waals surface area contributed by atoms with Crippen molar-refractivity contribution < 1.29 is 4.43 Å². The first-order valence-corrected chi connectivity index (χ1v) is 7.83. The lowest BCUT2D eigenvalue weighted by molar-refractivity contribution is 0.219. The van der Waals surface area contributed by atoms with Gasteiger partial charge in [0, 0.05) is 0 Å². The van der Waals surface area contributed by atoms with Crippen LogP contribution in [0.4, 0.5) is 0 Å². The van der Waals surface area contributed by atoms with Crippen molar-refractivity contribution >= 4 is 8.32 Å². The molecule has 0 N–H and O–H groups in total. The van der Waals surface area contributed by atoms with Crippen molar-refractivity contribution in [1.82, 2.24) is 0 Å². The fourth-order valence-corrected chi connectivity index (χ4v) is 1.98. The van der Waals surface area contributed by atoms with Gasteiger partial charge in [-0.2, -0.15) is 5.26 Å². The molecule has 0 spiro atoms. The Morgan fingerprint density at radius 3 is 2.08 bits per heavy atom. The van der Waals surface area contributed by atoms with Crippen LogP contribution in [0.15, 0.2) is 0 Å². The second-order valence-electron chi connectivity index (χ2n) is 4.48. The molecule has 0 saturated carbocycles. The predicted octanol–water partition coefficient (Wildman–Crippen LogP) is 2.78. The lowest BCUT2D eigenvalue weighted by Gasteiger charge is -2.22. The predicted molar refractivity (Wildman–Crippen MR) is 53.3 cm³/mol. The van der Waals surface area contributed by atoms with Crippen LogP contribution in [0, 0.1) is 17.2 Å². The van der Waals surface area contributed by atoms with Gasteiger partial charge in [0.25, 0.3) is 0 Å². The Bertz CT molecular complexity index is 166. The molecule has 0 heterocycles. The second-order valence-corrected chi connectivity index (χ2v) is 8.94. The van der Waals surface area contributed by atoms with E-state index >= 15 is 0 Å². The summed E-state index contributed by atoms with van der Waals surface area (Å²) in [6, 6.07) is 2.20. The Hall–Kier alpha value is -0.333. The highest BCUT2D eigenvalue weighted by molar-refractivity contribution is 6.69. The first-order valence-electron chi connectivity index (χ1n) is 4.42. The van der Waals surface area contributed by atoms with Gasteiger partial charge in [0.15, 0.2) is 8.32 Å². The van der Waals surface area contributed by atoms with Crippen molar-refractivity contribution in [2.75, 3.05) is 0 Å². The number of nitrogens with zero attached hydrogens (tertiary/aromatic N) is 1. The van der Waals surface area contributed by atoms with Crippen molar-refractivity contribution in [2.45, 2.75) is 46.0 Å². The van der Waals surface area contributed by atoms with Gasteiger partial charge in [0.2, 0.25) is 0 Å². The first-order chi connectivity index (χ1) is 5.35. The van der Waals surface area contributed by atoms with Gasteiger partial charge in [-0.1, -0.05) is 13.8 Å². The molecule has 12 heavy (non-hydrogen) atoms. The second kappa shape index (κ2) is 4.63. The number of hydrogen-bond acceptors (Lipinski definition) is 2. The van der Waals surface area contributed by atoms with E-state index in [1.165, 1.54) is 0 Å². The summed E-state index contributed by atoms with van der Waals surface area (Å²) in [7, 11) is -1.53. The minimum Gasteiger partial charge on any atom is -0.402 e. The summed E-state index contributed by atoms with van der Waals surface area (Å²) in [5.74, 6) is 0.533. The molecular formula is C9H19NOSi. The van der Waals surface area contributed by atoms with E-state index in [9.17, 15) is 0 Å². The van der Waals surface area contributed by atoms with Crippen molar-refractivity contribution in [1.29, 1.82) is 5.26 Å². The highest BCUT2D eigenvalue weighted by Gasteiger charge is 2.21. The van der Waals surface area contributed by atoms with Gasteiger partial charge in [-0.15, -0.1) is 0 Å². The summed E-state index contributed by atoms with van der Waals surface area (Å²) in [4.78, 5) is 0. The molecule has 0 radical (unpaired) electrons. The largest absolute Gasteiger partial charge is 0.402 e. The molecule has 1 atom stereocenters. The van der Waals surface area contributed by atoms with Crippen molar-refractivity contribution in [3.63, 3.8) is 0 Å². The maximum absolute atomic E-state index is 8.79. The topological polar surface area (TPSA) is 33.0 Å². The van der Waals surface area contributed by atoms with Gasteiger partial charge < -0.3 is 4.43 Å². The summed E-state index contributed by atoms with van der Waals surface area (Å²) < 4.78 is 5.68.